The summed E-state index contributed by atoms with van der Waals surface area (Å²) < 4.78 is 10.8. The zero-order valence-electron chi connectivity index (χ0n) is 27.3. The van der Waals surface area contributed by atoms with Gasteiger partial charge in [-0.05, 0) is 86.2 Å². The van der Waals surface area contributed by atoms with Gasteiger partial charge in [0.15, 0.2) is 0 Å². The Kier molecular flexibility index (Phi) is 11.3. The standard InChI is InChI=1S/C39H35N3O6S2/c1-2-47-39(46)33-30-20-9-10-21-32(30)50-38(33)42-37(45)34(25-13-5-3-6-14-25)49-29-19-11-17-27(23-29)40-36(44)31(24-28-18-12-22-48-28)41-35(43)26-15-7-4-8-16-26/h3-8,11-19,22-24,34H,2,9-10,20-21H2,1H3,(H,40,44)(H,41,43)(H,42,45)/b31-24-. The molecule has 11 heteroatoms. The number of carbonyl (C=O) groups is 4. The third kappa shape index (κ3) is 8.42. The average Bonchev–Trinajstić information content (AvgIpc) is 3.79. The van der Waals surface area contributed by atoms with E-state index >= 15 is 0 Å². The highest BCUT2D eigenvalue weighted by molar-refractivity contribution is 8.00. The van der Waals surface area contributed by atoms with Gasteiger partial charge >= 0.3 is 5.97 Å². The van der Waals surface area contributed by atoms with Gasteiger partial charge in [0, 0.05) is 27.1 Å². The molecule has 50 heavy (non-hydrogen) atoms. The summed E-state index contributed by atoms with van der Waals surface area (Å²) in [4.78, 5) is 55.5. The number of hydrogen-bond donors (Lipinski definition) is 3. The average molecular weight is 706 g/mol. The van der Waals surface area contributed by atoms with Crippen molar-refractivity contribution in [3.05, 3.63) is 142 Å². The highest BCUT2D eigenvalue weighted by atomic mass is 32.2. The number of hydrogen-bond acceptors (Lipinski definition) is 8. The van der Waals surface area contributed by atoms with Crippen molar-refractivity contribution in [1.29, 1.82) is 0 Å². The lowest BCUT2D eigenvalue weighted by Crippen LogP contribution is -2.30. The first kappa shape index (κ1) is 34.5. The van der Waals surface area contributed by atoms with Crippen LogP contribution < -0.4 is 16.0 Å². The lowest BCUT2D eigenvalue weighted by atomic mass is 9.95. The van der Waals surface area contributed by atoms with E-state index in [0.29, 0.717) is 32.5 Å². The minimum Gasteiger partial charge on any atom is -0.465 e. The SMILES string of the molecule is CCOC(=O)c1c(NC(=O)C(Sc2cccc(NC(=O)/C(=C/c3ccco3)NC(=O)c3ccccc3)c2)c2ccccc2)sc2c1CCCC2. The van der Waals surface area contributed by atoms with E-state index in [0.717, 1.165) is 41.7 Å². The van der Waals surface area contributed by atoms with E-state index in [9.17, 15) is 19.2 Å². The normalized spacial score (nSPS) is 13.1. The molecule has 254 valence electrons. The number of thiophene rings is 1. The molecule has 0 bridgehead atoms. The largest absolute Gasteiger partial charge is 0.465 e. The van der Waals surface area contributed by atoms with Gasteiger partial charge in [0.2, 0.25) is 5.91 Å². The predicted molar refractivity (Wildman–Crippen MR) is 196 cm³/mol. The van der Waals surface area contributed by atoms with E-state index in [4.69, 9.17) is 9.15 Å². The minimum absolute atomic E-state index is 0.00977. The van der Waals surface area contributed by atoms with Gasteiger partial charge in [0.1, 0.15) is 21.7 Å². The minimum atomic E-state index is -0.684. The summed E-state index contributed by atoms with van der Waals surface area (Å²) in [7, 11) is 0. The molecule has 1 aliphatic rings. The molecule has 0 fully saturated rings. The van der Waals surface area contributed by atoms with Crippen LogP contribution in [0.2, 0.25) is 0 Å². The topological polar surface area (TPSA) is 127 Å². The first-order chi connectivity index (χ1) is 24.4. The number of carbonyl (C=O) groups excluding carboxylic acids is 4. The molecule has 5 aromatic rings. The zero-order chi connectivity index (χ0) is 34.9. The van der Waals surface area contributed by atoms with Crippen LogP contribution in [0, 0.1) is 0 Å². The Balaban J connectivity index is 1.23. The van der Waals surface area contributed by atoms with E-state index in [2.05, 4.69) is 16.0 Å². The van der Waals surface area contributed by atoms with Crippen LogP contribution in [0.5, 0.6) is 0 Å². The lowest BCUT2D eigenvalue weighted by molar-refractivity contribution is -0.116. The number of anilines is 2. The molecule has 3 aromatic carbocycles. The Morgan fingerprint density at radius 1 is 0.900 bits per heavy atom. The van der Waals surface area contributed by atoms with E-state index in [1.807, 2.05) is 36.4 Å². The van der Waals surface area contributed by atoms with Crippen LogP contribution in [-0.2, 0) is 27.2 Å². The van der Waals surface area contributed by atoms with Gasteiger partial charge in [-0.25, -0.2) is 4.79 Å². The first-order valence-electron chi connectivity index (χ1n) is 16.3. The van der Waals surface area contributed by atoms with E-state index < -0.39 is 23.0 Å². The van der Waals surface area contributed by atoms with E-state index in [-0.39, 0.29) is 18.2 Å². The molecule has 0 spiro atoms. The monoisotopic (exact) mass is 705 g/mol. The molecule has 6 rings (SSSR count). The molecule has 1 atom stereocenters. The fourth-order valence-electron chi connectivity index (χ4n) is 5.59. The maximum Gasteiger partial charge on any atom is 0.341 e. The number of rotatable bonds is 12. The number of amides is 3. The van der Waals surface area contributed by atoms with Crippen molar-refractivity contribution in [2.45, 2.75) is 42.8 Å². The molecule has 0 aliphatic heterocycles. The second kappa shape index (κ2) is 16.3. The summed E-state index contributed by atoms with van der Waals surface area (Å²) in [6.07, 6.45) is 6.60. The van der Waals surface area contributed by atoms with Gasteiger partial charge in [-0.1, -0.05) is 54.6 Å². The van der Waals surface area contributed by atoms with Crippen molar-refractivity contribution in [2.24, 2.45) is 0 Å². The number of thioether (sulfide) groups is 1. The van der Waals surface area contributed by atoms with E-state index in [1.165, 1.54) is 35.4 Å². The molecular formula is C39H35N3O6S2. The van der Waals surface area contributed by atoms with Gasteiger partial charge in [0.25, 0.3) is 11.8 Å². The maximum absolute atomic E-state index is 14.1. The molecule has 9 nitrogen and oxygen atoms in total. The summed E-state index contributed by atoms with van der Waals surface area (Å²) in [5.41, 5.74) is 3.05. The van der Waals surface area contributed by atoms with Gasteiger partial charge in [-0.2, -0.15) is 0 Å². The fourth-order valence-corrected chi connectivity index (χ4v) is 7.95. The number of benzene rings is 3. The molecule has 1 unspecified atom stereocenters. The third-order valence-corrected chi connectivity index (χ3v) is 10.4. The molecule has 3 N–H and O–H groups in total. The number of aryl methyl sites for hydroxylation is 1. The fraction of sp³-hybridized carbons (Fsp3) is 0.179. The number of esters is 1. The van der Waals surface area contributed by atoms with Gasteiger partial charge in [0.05, 0.1) is 18.4 Å². The highest BCUT2D eigenvalue weighted by Crippen LogP contribution is 2.41. The van der Waals surface area contributed by atoms with Crippen molar-refractivity contribution < 1.29 is 28.3 Å². The van der Waals surface area contributed by atoms with Crippen LogP contribution in [-0.4, -0.2) is 30.3 Å². The summed E-state index contributed by atoms with van der Waals surface area (Å²) >= 11 is 2.76. The molecule has 0 saturated carbocycles. The number of fused-ring (bicyclic) bond motifs is 1. The summed E-state index contributed by atoms with van der Waals surface area (Å²) in [5.74, 6) is -1.32. The number of ether oxygens (including phenoxy) is 1. The Labute approximate surface area is 298 Å². The lowest BCUT2D eigenvalue weighted by Gasteiger charge is -2.18. The maximum atomic E-state index is 14.1. The van der Waals surface area contributed by atoms with Crippen molar-refractivity contribution >= 4 is 63.6 Å². The highest BCUT2D eigenvalue weighted by Gasteiger charge is 2.30. The predicted octanol–water partition coefficient (Wildman–Crippen LogP) is 8.28. The summed E-state index contributed by atoms with van der Waals surface area (Å²) in [6, 6.07) is 28.5. The molecule has 2 heterocycles. The van der Waals surface area contributed by atoms with Gasteiger partial charge < -0.3 is 25.1 Å². The van der Waals surface area contributed by atoms with Gasteiger partial charge in [-0.15, -0.1) is 23.1 Å². The molecule has 0 radical (unpaired) electrons. The summed E-state index contributed by atoms with van der Waals surface area (Å²) in [5, 5.41) is 8.46. The third-order valence-electron chi connectivity index (χ3n) is 7.93. The second-order valence-corrected chi connectivity index (χ2v) is 13.7. The molecule has 1 aliphatic carbocycles. The number of nitrogens with one attached hydrogen (secondary N) is 3. The van der Waals surface area contributed by atoms with Crippen LogP contribution in [0.4, 0.5) is 10.7 Å². The van der Waals surface area contributed by atoms with E-state index in [1.54, 1.807) is 67.6 Å². The van der Waals surface area contributed by atoms with Crippen molar-refractivity contribution in [2.75, 3.05) is 17.2 Å². The Morgan fingerprint density at radius 2 is 1.66 bits per heavy atom. The Morgan fingerprint density at radius 3 is 2.40 bits per heavy atom. The molecule has 0 saturated heterocycles. The van der Waals surface area contributed by atoms with Crippen LogP contribution in [0.15, 0.2) is 118 Å². The second-order valence-electron chi connectivity index (χ2n) is 11.4. The van der Waals surface area contributed by atoms with Crippen LogP contribution in [0.1, 0.15) is 67.5 Å². The molecule has 2 aromatic heterocycles. The van der Waals surface area contributed by atoms with Crippen molar-refractivity contribution in [3.8, 4) is 0 Å². The quantitative estimate of drug-likeness (QED) is 0.0678. The zero-order valence-corrected chi connectivity index (χ0v) is 28.9. The van der Waals surface area contributed by atoms with Gasteiger partial charge in [-0.3, -0.25) is 14.4 Å². The van der Waals surface area contributed by atoms with Crippen LogP contribution in [0.25, 0.3) is 6.08 Å². The Bertz CT molecular complexity index is 2010. The van der Waals surface area contributed by atoms with Crippen molar-refractivity contribution in [3.63, 3.8) is 0 Å². The smallest absolute Gasteiger partial charge is 0.341 e. The van der Waals surface area contributed by atoms with Crippen molar-refractivity contribution in [1.82, 2.24) is 5.32 Å². The van der Waals surface area contributed by atoms with Crippen LogP contribution in [0.3, 0.4) is 0 Å². The summed E-state index contributed by atoms with van der Waals surface area (Å²) in [6.45, 7) is 2.01. The first-order valence-corrected chi connectivity index (χ1v) is 18.0. The molecule has 3 amide bonds. The molecular weight excluding hydrogens is 671 g/mol. The number of furan rings is 1. The Hall–Kier alpha value is -5.39. The van der Waals surface area contributed by atoms with Crippen LogP contribution >= 0.6 is 23.1 Å².